The van der Waals surface area contributed by atoms with Crippen molar-refractivity contribution in [3.8, 4) is 11.8 Å². The average Bonchev–Trinajstić information content (AvgIpc) is 3.43. The second-order valence-corrected chi connectivity index (χ2v) is 10.3. The molecule has 0 fully saturated rings. The van der Waals surface area contributed by atoms with Crippen LogP contribution in [0.15, 0.2) is 30.5 Å². The number of halogens is 3. The highest BCUT2D eigenvalue weighted by atomic mass is 32.1. The summed E-state index contributed by atoms with van der Waals surface area (Å²) in [5.74, 6) is 0.472. The summed E-state index contributed by atoms with van der Waals surface area (Å²) < 4.78 is 48.0. The Hall–Kier alpha value is -3.52. The lowest BCUT2D eigenvalue weighted by molar-refractivity contribution is -0.173. The van der Waals surface area contributed by atoms with E-state index in [2.05, 4.69) is 28.7 Å². The molecule has 1 aliphatic heterocycles. The van der Waals surface area contributed by atoms with E-state index in [1.807, 2.05) is 0 Å². The number of fused-ring (bicyclic) bond motifs is 2. The summed E-state index contributed by atoms with van der Waals surface area (Å²) in [6, 6.07) is 6.38. The van der Waals surface area contributed by atoms with Crippen LogP contribution in [0.5, 0.6) is 5.75 Å². The monoisotopic (exact) mass is 515 g/mol. The third-order valence-electron chi connectivity index (χ3n) is 6.85. The van der Waals surface area contributed by atoms with Crippen molar-refractivity contribution in [3.05, 3.63) is 57.6 Å². The summed E-state index contributed by atoms with van der Waals surface area (Å²) >= 11 is 1.37. The van der Waals surface area contributed by atoms with Crippen molar-refractivity contribution in [1.29, 1.82) is 5.26 Å². The summed E-state index contributed by atoms with van der Waals surface area (Å²) in [7, 11) is 1.51. The number of nitriles is 1. The average molecular weight is 516 g/mol. The van der Waals surface area contributed by atoms with Crippen LogP contribution in [0, 0.1) is 17.2 Å². The van der Waals surface area contributed by atoms with Gasteiger partial charge in [0.1, 0.15) is 28.2 Å². The Balaban J connectivity index is 1.47. The number of methoxy groups -OCH3 is 1. The molecule has 0 radical (unpaired) electrons. The molecule has 3 heterocycles. The van der Waals surface area contributed by atoms with Gasteiger partial charge in [-0.3, -0.25) is 4.79 Å². The van der Waals surface area contributed by atoms with Gasteiger partial charge in [0.2, 0.25) is 0 Å². The fourth-order valence-corrected chi connectivity index (χ4v) is 6.27. The van der Waals surface area contributed by atoms with Crippen LogP contribution in [0.2, 0.25) is 0 Å². The van der Waals surface area contributed by atoms with Crippen LogP contribution in [-0.2, 0) is 12.8 Å². The molecule has 0 saturated heterocycles. The van der Waals surface area contributed by atoms with E-state index in [4.69, 9.17) is 4.74 Å². The largest absolute Gasteiger partial charge is 0.497 e. The Morgan fingerprint density at radius 1 is 1.33 bits per heavy atom. The first-order valence-corrected chi connectivity index (χ1v) is 12.4. The Kier molecular flexibility index (Phi) is 6.16. The van der Waals surface area contributed by atoms with Gasteiger partial charge in [-0.15, -0.1) is 11.3 Å². The van der Waals surface area contributed by atoms with E-state index in [0.29, 0.717) is 27.8 Å². The standard InChI is InChI=1S/C25H24F3N5O2S/c1-13-3-8-16-17(11-29)24(36-20(16)9-13)32-23(34)18-12-30-33-21(25(26,27)28)10-19(31-22(18)33)14-4-6-15(35-2)7-5-14/h4-7,12-13,19,21,31H,3,8-10H2,1-2H3,(H,32,34)/t13-,19+,21+/m0/s1. The van der Waals surface area contributed by atoms with Gasteiger partial charge in [0.25, 0.3) is 5.91 Å². The number of aromatic nitrogens is 2. The van der Waals surface area contributed by atoms with Crippen LogP contribution >= 0.6 is 11.3 Å². The molecule has 11 heteroatoms. The predicted molar refractivity (Wildman–Crippen MR) is 129 cm³/mol. The molecule has 188 valence electrons. The van der Waals surface area contributed by atoms with Gasteiger partial charge < -0.3 is 15.4 Å². The highest BCUT2D eigenvalue weighted by molar-refractivity contribution is 7.16. The smallest absolute Gasteiger partial charge is 0.410 e. The van der Waals surface area contributed by atoms with Crippen molar-refractivity contribution in [2.45, 2.75) is 50.9 Å². The number of benzene rings is 1. The van der Waals surface area contributed by atoms with Crippen molar-refractivity contribution in [3.63, 3.8) is 0 Å². The molecule has 3 atom stereocenters. The number of carbonyl (C=O) groups is 1. The van der Waals surface area contributed by atoms with Crippen molar-refractivity contribution < 1.29 is 22.7 Å². The molecular weight excluding hydrogens is 491 g/mol. The van der Waals surface area contributed by atoms with Gasteiger partial charge in [-0.25, -0.2) is 4.68 Å². The lowest BCUT2D eigenvalue weighted by atomic mass is 9.88. The van der Waals surface area contributed by atoms with E-state index in [0.717, 1.165) is 40.6 Å². The van der Waals surface area contributed by atoms with Gasteiger partial charge in [-0.05, 0) is 48.4 Å². The molecule has 5 rings (SSSR count). The zero-order valence-corrected chi connectivity index (χ0v) is 20.5. The molecule has 0 spiro atoms. The maximum Gasteiger partial charge on any atom is 0.410 e. The highest BCUT2D eigenvalue weighted by Gasteiger charge is 2.47. The molecule has 1 aromatic carbocycles. The minimum atomic E-state index is -4.56. The van der Waals surface area contributed by atoms with Gasteiger partial charge in [0.05, 0.1) is 24.9 Å². The van der Waals surface area contributed by atoms with E-state index >= 15 is 0 Å². The first-order chi connectivity index (χ1) is 17.2. The molecule has 2 aromatic heterocycles. The third kappa shape index (κ3) is 4.30. The number of anilines is 2. The molecule has 36 heavy (non-hydrogen) atoms. The number of hydrogen-bond acceptors (Lipinski definition) is 6. The maximum atomic E-state index is 14.0. The quantitative estimate of drug-likeness (QED) is 0.454. The molecule has 0 bridgehead atoms. The van der Waals surface area contributed by atoms with E-state index in [1.165, 1.54) is 18.4 Å². The highest BCUT2D eigenvalue weighted by Crippen LogP contribution is 2.45. The first kappa shape index (κ1) is 24.2. The van der Waals surface area contributed by atoms with E-state index < -0.39 is 24.2 Å². The van der Waals surface area contributed by atoms with Crippen molar-refractivity contribution in [1.82, 2.24) is 9.78 Å². The van der Waals surface area contributed by atoms with E-state index in [9.17, 15) is 23.2 Å². The minimum Gasteiger partial charge on any atom is -0.497 e. The van der Waals surface area contributed by atoms with Crippen LogP contribution in [0.3, 0.4) is 0 Å². The Labute approximate surface area is 209 Å². The summed E-state index contributed by atoms with van der Waals surface area (Å²) in [5.41, 5.74) is 2.03. The fraction of sp³-hybridized carbons (Fsp3) is 0.400. The number of thiophene rings is 1. The molecule has 0 saturated carbocycles. The number of rotatable bonds is 4. The Morgan fingerprint density at radius 2 is 2.08 bits per heavy atom. The molecule has 1 amide bonds. The minimum absolute atomic E-state index is 0.00431. The van der Waals surface area contributed by atoms with E-state index in [1.54, 1.807) is 24.3 Å². The van der Waals surface area contributed by atoms with Crippen molar-refractivity contribution in [2.75, 3.05) is 17.7 Å². The van der Waals surface area contributed by atoms with Crippen molar-refractivity contribution in [2.24, 2.45) is 5.92 Å². The Bertz CT molecular complexity index is 1340. The summed E-state index contributed by atoms with van der Waals surface area (Å²) in [6.07, 6.45) is -1.11. The molecule has 2 aliphatic rings. The number of hydrogen-bond donors (Lipinski definition) is 2. The zero-order valence-electron chi connectivity index (χ0n) is 19.6. The molecule has 0 unspecified atom stereocenters. The fourth-order valence-electron chi connectivity index (χ4n) is 4.91. The predicted octanol–water partition coefficient (Wildman–Crippen LogP) is 5.86. The van der Waals surface area contributed by atoms with Gasteiger partial charge >= 0.3 is 6.18 Å². The molecule has 2 N–H and O–H groups in total. The van der Waals surface area contributed by atoms with Crippen molar-refractivity contribution >= 4 is 28.1 Å². The SMILES string of the molecule is COc1ccc([C@H]2C[C@H](C(F)(F)F)n3ncc(C(=O)Nc4sc5c(c4C#N)CC[C@H](C)C5)c3N2)cc1. The van der Waals surface area contributed by atoms with Gasteiger partial charge in [0.15, 0.2) is 6.04 Å². The molecule has 3 aromatic rings. The van der Waals surface area contributed by atoms with Crippen LogP contribution in [-0.4, -0.2) is 29.0 Å². The van der Waals surface area contributed by atoms with Gasteiger partial charge in [-0.1, -0.05) is 19.1 Å². The number of ether oxygens (including phenoxy) is 1. The topological polar surface area (TPSA) is 92.0 Å². The molecular formula is C25H24F3N5O2S. The van der Waals surface area contributed by atoms with Crippen LogP contribution < -0.4 is 15.4 Å². The van der Waals surface area contributed by atoms with Crippen LogP contribution in [0.1, 0.15) is 63.8 Å². The normalized spacial score (nSPS) is 21.1. The first-order valence-electron chi connectivity index (χ1n) is 11.6. The third-order valence-corrected chi connectivity index (χ3v) is 8.02. The number of amides is 1. The zero-order chi connectivity index (χ0) is 25.6. The molecule has 1 aliphatic carbocycles. The van der Waals surface area contributed by atoms with Gasteiger partial charge in [-0.2, -0.15) is 23.5 Å². The second kappa shape index (κ2) is 9.17. The molecule has 7 nitrogen and oxygen atoms in total. The number of nitrogens with one attached hydrogen (secondary N) is 2. The lowest BCUT2D eigenvalue weighted by Crippen LogP contribution is -2.36. The Morgan fingerprint density at radius 3 is 2.75 bits per heavy atom. The second-order valence-electron chi connectivity index (χ2n) is 9.24. The summed E-state index contributed by atoms with van der Waals surface area (Å²) in [6.45, 7) is 2.15. The maximum absolute atomic E-state index is 14.0. The number of alkyl halides is 3. The summed E-state index contributed by atoms with van der Waals surface area (Å²) in [5, 5.41) is 20.0. The number of carbonyl (C=O) groups excluding carboxylic acids is 1. The lowest BCUT2D eigenvalue weighted by Gasteiger charge is -2.34. The van der Waals surface area contributed by atoms with Crippen LogP contribution in [0.25, 0.3) is 0 Å². The van der Waals surface area contributed by atoms with E-state index in [-0.39, 0.29) is 17.8 Å². The van der Waals surface area contributed by atoms with Gasteiger partial charge in [0, 0.05) is 11.3 Å². The van der Waals surface area contributed by atoms with Crippen LogP contribution in [0.4, 0.5) is 24.0 Å². The number of nitrogens with zero attached hydrogens (tertiary/aromatic N) is 3. The summed E-state index contributed by atoms with van der Waals surface area (Å²) in [4.78, 5) is 14.3.